The van der Waals surface area contributed by atoms with Crippen LogP contribution in [0.2, 0.25) is 0 Å². The lowest BCUT2D eigenvalue weighted by Crippen LogP contribution is -2.36. The van der Waals surface area contributed by atoms with Gasteiger partial charge in [0.05, 0.1) is 11.7 Å². The Morgan fingerprint density at radius 2 is 1.30 bits per heavy atom. The van der Waals surface area contributed by atoms with E-state index in [0.717, 1.165) is 16.7 Å². The number of rotatable bonds is 6. The van der Waals surface area contributed by atoms with E-state index in [1.807, 2.05) is 91.0 Å². The summed E-state index contributed by atoms with van der Waals surface area (Å²) in [6, 6.07) is 31.9. The molecule has 3 aromatic carbocycles. The van der Waals surface area contributed by atoms with E-state index < -0.39 is 0 Å². The fourth-order valence-corrected chi connectivity index (χ4v) is 3.32. The molecule has 5 heteroatoms. The molecule has 4 aromatic rings. The van der Waals surface area contributed by atoms with Crippen molar-refractivity contribution in [3.8, 4) is 11.3 Å². The van der Waals surface area contributed by atoms with Gasteiger partial charge in [0.15, 0.2) is 0 Å². The molecule has 0 aliphatic heterocycles. The minimum Gasteiger partial charge on any atom is -0.344 e. The Morgan fingerprint density at radius 3 is 1.87 bits per heavy atom. The standard InChI is InChI=1S/C25H21N3O2/c29-23(18-28-24(30)17-16-22(27-28)19-10-4-1-5-11-19)26-25(20-12-6-2-7-13-20)21-14-8-3-9-15-21/h1-17,25H,18H2,(H,26,29). The first kappa shape index (κ1) is 19.3. The van der Waals surface area contributed by atoms with Crippen molar-refractivity contribution in [3.63, 3.8) is 0 Å². The number of nitrogens with one attached hydrogen (secondary N) is 1. The first-order chi connectivity index (χ1) is 14.7. The summed E-state index contributed by atoms with van der Waals surface area (Å²) in [7, 11) is 0. The van der Waals surface area contributed by atoms with Gasteiger partial charge in [-0.1, -0.05) is 91.0 Å². The number of benzene rings is 3. The van der Waals surface area contributed by atoms with Crippen LogP contribution in [-0.4, -0.2) is 15.7 Å². The molecule has 0 bridgehead atoms. The van der Waals surface area contributed by atoms with Gasteiger partial charge < -0.3 is 5.32 Å². The molecule has 0 unspecified atom stereocenters. The van der Waals surface area contributed by atoms with Crippen LogP contribution in [-0.2, 0) is 11.3 Å². The number of hydrogen-bond acceptors (Lipinski definition) is 3. The molecule has 1 N–H and O–H groups in total. The quantitative estimate of drug-likeness (QED) is 0.540. The van der Waals surface area contributed by atoms with Gasteiger partial charge in [0, 0.05) is 11.6 Å². The van der Waals surface area contributed by atoms with E-state index >= 15 is 0 Å². The summed E-state index contributed by atoms with van der Waals surface area (Å²) in [5.74, 6) is -0.285. The highest BCUT2D eigenvalue weighted by atomic mass is 16.2. The minimum atomic E-state index is -0.319. The Balaban J connectivity index is 1.58. The van der Waals surface area contributed by atoms with E-state index in [1.165, 1.54) is 10.7 Å². The van der Waals surface area contributed by atoms with Crippen molar-refractivity contribution in [3.05, 3.63) is 125 Å². The molecule has 0 aliphatic carbocycles. The van der Waals surface area contributed by atoms with E-state index in [9.17, 15) is 9.59 Å². The highest BCUT2D eigenvalue weighted by Crippen LogP contribution is 2.21. The van der Waals surface area contributed by atoms with E-state index in [-0.39, 0.29) is 24.1 Å². The normalized spacial score (nSPS) is 10.7. The van der Waals surface area contributed by atoms with Gasteiger partial charge in [0.25, 0.3) is 5.56 Å². The number of nitrogens with zero attached hydrogens (tertiary/aromatic N) is 2. The highest BCUT2D eigenvalue weighted by molar-refractivity contribution is 5.76. The molecule has 4 rings (SSSR count). The number of carbonyl (C=O) groups is 1. The average molecular weight is 395 g/mol. The second-order valence-corrected chi connectivity index (χ2v) is 6.90. The molecule has 0 aliphatic rings. The van der Waals surface area contributed by atoms with E-state index in [0.29, 0.717) is 5.69 Å². The molecule has 1 aromatic heterocycles. The molecule has 1 heterocycles. The van der Waals surface area contributed by atoms with Crippen LogP contribution in [0, 0.1) is 0 Å². The molecule has 1 amide bonds. The molecule has 0 saturated carbocycles. The Hall–Kier alpha value is -3.99. The summed E-state index contributed by atoms with van der Waals surface area (Å²) in [6.45, 7) is -0.157. The molecule has 0 radical (unpaired) electrons. The van der Waals surface area contributed by atoms with Crippen LogP contribution < -0.4 is 10.9 Å². The van der Waals surface area contributed by atoms with Gasteiger partial charge in [0.2, 0.25) is 5.91 Å². The Bertz CT molecular complexity index is 1130. The van der Waals surface area contributed by atoms with Crippen LogP contribution in [0.3, 0.4) is 0 Å². The molecule has 0 atom stereocenters. The van der Waals surface area contributed by atoms with Crippen molar-refractivity contribution >= 4 is 5.91 Å². The Morgan fingerprint density at radius 1 is 0.767 bits per heavy atom. The van der Waals surface area contributed by atoms with Crippen molar-refractivity contribution in [2.45, 2.75) is 12.6 Å². The predicted octanol–water partition coefficient (Wildman–Crippen LogP) is 3.82. The maximum absolute atomic E-state index is 12.9. The van der Waals surface area contributed by atoms with Crippen molar-refractivity contribution in [2.75, 3.05) is 0 Å². The molecule has 30 heavy (non-hydrogen) atoms. The van der Waals surface area contributed by atoms with Crippen LogP contribution in [0.1, 0.15) is 17.2 Å². The number of carbonyl (C=O) groups excluding carboxylic acids is 1. The van der Waals surface area contributed by atoms with Gasteiger partial charge in [-0.15, -0.1) is 0 Å². The lowest BCUT2D eigenvalue weighted by atomic mass is 9.99. The number of hydrogen-bond donors (Lipinski definition) is 1. The third-order valence-electron chi connectivity index (χ3n) is 4.80. The zero-order valence-electron chi connectivity index (χ0n) is 16.3. The van der Waals surface area contributed by atoms with Crippen LogP contribution in [0.4, 0.5) is 0 Å². The smallest absolute Gasteiger partial charge is 0.267 e. The summed E-state index contributed by atoms with van der Waals surface area (Å²) in [5, 5.41) is 7.42. The molecule has 0 spiro atoms. The summed E-state index contributed by atoms with van der Waals surface area (Å²) in [6.07, 6.45) is 0. The van der Waals surface area contributed by atoms with E-state index in [2.05, 4.69) is 10.4 Å². The summed E-state index contributed by atoms with van der Waals surface area (Å²) < 4.78 is 1.20. The van der Waals surface area contributed by atoms with Crippen LogP contribution in [0.5, 0.6) is 0 Å². The molecule has 5 nitrogen and oxygen atoms in total. The lowest BCUT2D eigenvalue weighted by Gasteiger charge is -2.20. The van der Waals surface area contributed by atoms with Gasteiger partial charge in [-0.05, 0) is 17.2 Å². The van der Waals surface area contributed by atoms with Crippen molar-refractivity contribution < 1.29 is 4.79 Å². The molecular weight excluding hydrogens is 374 g/mol. The van der Waals surface area contributed by atoms with Crippen LogP contribution >= 0.6 is 0 Å². The van der Waals surface area contributed by atoms with Crippen molar-refractivity contribution in [1.82, 2.24) is 15.1 Å². The minimum absolute atomic E-state index is 0.157. The molecule has 148 valence electrons. The zero-order chi connectivity index (χ0) is 20.8. The maximum atomic E-state index is 12.9. The first-order valence-electron chi connectivity index (χ1n) is 9.73. The first-order valence-corrected chi connectivity index (χ1v) is 9.73. The summed E-state index contributed by atoms with van der Waals surface area (Å²) in [4.78, 5) is 25.1. The second-order valence-electron chi connectivity index (χ2n) is 6.90. The Labute approximate surface area is 174 Å². The largest absolute Gasteiger partial charge is 0.344 e. The summed E-state index contributed by atoms with van der Waals surface area (Å²) in [5.41, 5.74) is 3.15. The zero-order valence-corrected chi connectivity index (χ0v) is 16.3. The van der Waals surface area contributed by atoms with Crippen LogP contribution in [0.25, 0.3) is 11.3 Å². The Kier molecular flexibility index (Phi) is 5.80. The fraction of sp³-hybridized carbons (Fsp3) is 0.0800. The van der Waals surface area contributed by atoms with Crippen molar-refractivity contribution in [1.29, 1.82) is 0 Å². The molecule has 0 fully saturated rings. The summed E-state index contributed by atoms with van der Waals surface area (Å²) >= 11 is 0. The van der Waals surface area contributed by atoms with E-state index in [1.54, 1.807) is 6.07 Å². The fourth-order valence-electron chi connectivity index (χ4n) is 3.32. The second kappa shape index (κ2) is 9.01. The highest BCUT2D eigenvalue weighted by Gasteiger charge is 2.17. The SMILES string of the molecule is O=C(Cn1nc(-c2ccccc2)ccc1=O)NC(c1ccccc1)c1ccccc1. The predicted molar refractivity (Wildman–Crippen MR) is 117 cm³/mol. The molecular formula is C25H21N3O2. The van der Waals surface area contributed by atoms with Gasteiger partial charge >= 0.3 is 0 Å². The number of amides is 1. The third kappa shape index (κ3) is 4.52. The molecule has 0 saturated heterocycles. The van der Waals surface area contributed by atoms with Gasteiger partial charge in [-0.25, -0.2) is 4.68 Å². The van der Waals surface area contributed by atoms with Crippen LogP contribution in [0.15, 0.2) is 108 Å². The van der Waals surface area contributed by atoms with E-state index in [4.69, 9.17) is 0 Å². The van der Waals surface area contributed by atoms with Crippen molar-refractivity contribution in [2.24, 2.45) is 0 Å². The van der Waals surface area contributed by atoms with Gasteiger partial charge in [-0.3, -0.25) is 9.59 Å². The average Bonchev–Trinajstić information content (AvgIpc) is 2.81. The maximum Gasteiger partial charge on any atom is 0.267 e. The van der Waals surface area contributed by atoms with Gasteiger partial charge in [0.1, 0.15) is 6.54 Å². The number of aromatic nitrogens is 2. The third-order valence-corrected chi connectivity index (χ3v) is 4.80. The lowest BCUT2D eigenvalue weighted by molar-refractivity contribution is -0.122. The monoisotopic (exact) mass is 395 g/mol. The van der Waals surface area contributed by atoms with Gasteiger partial charge in [-0.2, -0.15) is 5.10 Å². The topological polar surface area (TPSA) is 64.0 Å².